The molecule has 0 bridgehead atoms. The van der Waals surface area contributed by atoms with Gasteiger partial charge in [0.05, 0.1) is 0 Å². The number of benzene rings is 1. The van der Waals surface area contributed by atoms with Gasteiger partial charge in [-0.05, 0) is 37.1 Å². The lowest BCUT2D eigenvalue weighted by molar-refractivity contribution is -0.121. The number of hydrogen-bond donors (Lipinski definition) is 1. The van der Waals surface area contributed by atoms with E-state index < -0.39 is 0 Å². The molecule has 1 aromatic heterocycles. The van der Waals surface area contributed by atoms with Gasteiger partial charge in [-0.15, -0.1) is 0 Å². The lowest BCUT2D eigenvalue weighted by atomic mass is 9.76. The van der Waals surface area contributed by atoms with Gasteiger partial charge in [0, 0.05) is 51.0 Å². The van der Waals surface area contributed by atoms with Crippen LogP contribution in [0.1, 0.15) is 53.3 Å². The van der Waals surface area contributed by atoms with Crippen molar-refractivity contribution in [2.24, 2.45) is 0 Å². The van der Waals surface area contributed by atoms with Crippen LogP contribution in [0.3, 0.4) is 0 Å². The molecule has 3 heterocycles. The van der Waals surface area contributed by atoms with Gasteiger partial charge in [-0.1, -0.05) is 24.3 Å². The largest absolute Gasteiger partial charge is 0.487 e. The molecule has 4 rings (SSSR count). The summed E-state index contributed by atoms with van der Waals surface area (Å²) in [4.78, 5) is 31.1. The van der Waals surface area contributed by atoms with Crippen LogP contribution in [0, 0.1) is 6.92 Å². The number of aromatic nitrogens is 1. The van der Waals surface area contributed by atoms with Crippen molar-refractivity contribution in [1.82, 2.24) is 15.2 Å². The molecule has 2 aliphatic rings. The number of hydrogen-bond acceptors (Lipinski definition) is 4. The Morgan fingerprint density at radius 2 is 1.93 bits per heavy atom. The predicted octanol–water partition coefficient (Wildman–Crippen LogP) is 3.07. The first kappa shape index (κ1) is 19.4. The second-order valence-electron chi connectivity index (χ2n) is 8.06. The van der Waals surface area contributed by atoms with Gasteiger partial charge in [0.1, 0.15) is 17.0 Å². The average Bonchev–Trinajstić information content (AvgIpc) is 2.73. The lowest BCUT2D eigenvalue weighted by Gasteiger charge is -2.46. The van der Waals surface area contributed by atoms with Gasteiger partial charge in [-0.3, -0.25) is 9.59 Å². The predicted molar refractivity (Wildman–Crippen MR) is 110 cm³/mol. The van der Waals surface area contributed by atoms with E-state index in [9.17, 15) is 9.59 Å². The van der Waals surface area contributed by atoms with Crippen LogP contribution in [0.25, 0.3) is 0 Å². The lowest BCUT2D eigenvalue weighted by Crippen LogP contribution is -2.52. The maximum Gasteiger partial charge on any atom is 0.272 e. The molecule has 1 fully saturated rings. The molecule has 0 aliphatic carbocycles. The molecular weight excluding hydrogens is 366 g/mol. The van der Waals surface area contributed by atoms with Crippen molar-refractivity contribution in [3.63, 3.8) is 0 Å². The van der Waals surface area contributed by atoms with Gasteiger partial charge in [0.15, 0.2) is 0 Å². The Labute approximate surface area is 171 Å². The Kier molecular flexibility index (Phi) is 5.26. The number of aryl methyl sites for hydroxylation is 1. The summed E-state index contributed by atoms with van der Waals surface area (Å²) in [6, 6.07) is 13.5. The molecule has 6 nitrogen and oxygen atoms in total. The normalized spacial score (nSPS) is 19.9. The zero-order valence-corrected chi connectivity index (χ0v) is 17.0. The summed E-state index contributed by atoms with van der Waals surface area (Å²) in [5.74, 6) is 1.01. The van der Waals surface area contributed by atoms with Crippen LogP contribution in [0.5, 0.6) is 5.75 Å². The van der Waals surface area contributed by atoms with E-state index in [1.54, 1.807) is 13.1 Å². The Bertz CT molecular complexity index is 919. The monoisotopic (exact) mass is 393 g/mol. The standard InChI is InChI=1S/C23H27N3O3/c1-16-6-5-8-19(25-16)22(28)26-12-10-23(11-13-26)15-17(14-21(27)24-2)18-7-3-4-9-20(18)29-23/h3-9,17H,10-15H2,1-2H3,(H,24,27). The molecule has 2 aromatic rings. The molecule has 1 atom stereocenters. The van der Waals surface area contributed by atoms with Crippen molar-refractivity contribution in [2.75, 3.05) is 20.1 Å². The zero-order valence-electron chi connectivity index (χ0n) is 17.0. The summed E-state index contributed by atoms with van der Waals surface area (Å²) in [7, 11) is 1.67. The fraction of sp³-hybridized carbons (Fsp3) is 0.435. The third-order valence-electron chi connectivity index (χ3n) is 6.08. The van der Waals surface area contributed by atoms with E-state index in [1.165, 1.54) is 0 Å². The highest BCUT2D eigenvalue weighted by Crippen LogP contribution is 2.46. The first-order valence-electron chi connectivity index (χ1n) is 10.2. The second-order valence-corrected chi connectivity index (χ2v) is 8.06. The van der Waals surface area contributed by atoms with E-state index in [-0.39, 0.29) is 23.3 Å². The number of nitrogens with zero attached hydrogens (tertiary/aromatic N) is 2. The van der Waals surface area contributed by atoms with Crippen molar-refractivity contribution in [1.29, 1.82) is 0 Å². The van der Waals surface area contributed by atoms with Crippen molar-refractivity contribution in [3.8, 4) is 5.75 Å². The molecule has 0 radical (unpaired) electrons. The maximum absolute atomic E-state index is 12.8. The van der Waals surface area contributed by atoms with Crippen LogP contribution in [-0.2, 0) is 4.79 Å². The smallest absolute Gasteiger partial charge is 0.272 e. The fourth-order valence-electron chi connectivity index (χ4n) is 4.50. The van der Waals surface area contributed by atoms with Gasteiger partial charge in [-0.2, -0.15) is 0 Å². The third-order valence-corrected chi connectivity index (χ3v) is 6.08. The van der Waals surface area contributed by atoms with E-state index in [0.29, 0.717) is 25.2 Å². The summed E-state index contributed by atoms with van der Waals surface area (Å²) in [6.45, 7) is 3.15. The molecule has 2 amide bonds. The number of ether oxygens (including phenoxy) is 1. The van der Waals surface area contributed by atoms with Crippen molar-refractivity contribution in [2.45, 2.75) is 44.1 Å². The molecular formula is C23H27N3O3. The second kappa shape index (κ2) is 7.85. The number of carbonyl (C=O) groups excluding carboxylic acids is 2. The van der Waals surface area contributed by atoms with E-state index >= 15 is 0 Å². The molecule has 152 valence electrons. The molecule has 29 heavy (non-hydrogen) atoms. The minimum Gasteiger partial charge on any atom is -0.487 e. The number of nitrogens with one attached hydrogen (secondary N) is 1. The van der Waals surface area contributed by atoms with E-state index in [1.807, 2.05) is 42.2 Å². The van der Waals surface area contributed by atoms with E-state index in [0.717, 1.165) is 36.3 Å². The number of likely N-dealkylation sites (tertiary alicyclic amines) is 1. The molecule has 1 saturated heterocycles. The SMILES string of the molecule is CNC(=O)CC1CC2(CCN(C(=O)c3cccc(C)n3)CC2)Oc2ccccc21. The Balaban J connectivity index is 1.50. The number of pyridine rings is 1. The number of para-hydroxylation sites is 1. The average molecular weight is 393 g/mol. The first-order chi connectivity index (χ1) is 14.0. The van der Waals surface area contributed by atoms with Crippen LogP contribution in [-0.4, -0.2) is 47.4 Å². The van der Waals surface area contributed by atoms with Gasteiger partial charge >= 0.3 is 0 Å². The summed E-state index contributed by atoms with van der Waals surface area (Å²) in [5, 5.41) is 2.74. The highest BCUT2D eigenvalue weighted by Gasteiger charge is 2.44. The van der Waals surface area contributed by atoms with Crippen LogP contribution >= 0.6 is 0 Å². The Morgan fingerprint density at radius 3 is 2.66 bits per heavy atom. The van der Waals surface area contributed by atoms with Crippen molar-refractivity contribution < 1.29 is 14.3 Å². The minimum atomic E-state index is -0.330. The van der Waals surface area contributed by atoms with Crippen LogP contribution in [0.15, 0.2) is 42.5 Å². The van der Waals surface area contributed by atoms with Crippen molar-refractivity contribution >= 4 is 11.8 Å². The minimum absolute atomic E-state index is 0.0262. The van der Waals surface area contributed by atoms with Crippen LogP contribution in [0.2, 0.25) is 0 Å². The topological polar surface area (TPSA) is 71.5 Å². The summed E-state index contributed by atoms with van der Waals surface area (Å²) >= 11 is 0. The van der Waals surface area contributed by atoms with Crippen LogP contribution in [0.4, 0.5) is 0 Å². The molecule has 1 unspecified atom stereocenters. The van der Waals surface area contributed by atoms with Gasteiger partial charge in [0.2, 0.25) is 5.91 Å². The molecule has 1 spiro atoms. The number of fused-ring (bicyclic) bond motifs is 1. The molecule has 1 aromatic carbocycles. The summed E-state index contributed by atoms with van der Waals surface area (Å²) in [6.07, 6.45) is 2.75. The quantitative estimate of drug-likeness (QED) is 0.870. The fourth-order valence-corrected chi connectivity index (χ4v) is 4.50. The maximum atomic E-state index is 12.8. The van der Waals surface area contributed by atoms with Gasteiger partial charge < -0.3 is 15.0 Å². The molecule has 0 saturated carbocycles. The number of amides is 2. The first-order valence-corrected chi connectivity index (χ1v) is 10.2. The van der Waals surface area contributed by atoms with Gasteiger partial charge in [0.25, 0.3) is 5.91 Å². The number of rotatable bonds is 3. The highest BCUT2D eigenvalue weighted by atomic mass is 16.5. The van der Waals surface area contributed by atoms with Crippen LogP contribution < -0.4 is 10.1 Å². The Morgan fingerprint density at radius 1 is 1.17 bits per heavy atom. The summed E-state index contributed by atoms with van der Waals surface area (Å²) < 4.78 is 6.47. The van der Waals surface area contributed by atoms with Gasteiger partial charge in [-0.25, -0.2) is 4.98 Å². The molecule has 6 heteroatoms. The summed E-state index contributed by atoms with van der Waals surface area (Å²) in [5.41, 5.74) is 2.11. The van der Waals surface area contributed by atoms with Crippen molar-refractivity contribution in [3.05, 3.63) is 59.4 Å². The number of piperidine rings is 1. The molecule has 1 N–H and O–H groups in total. The third kappa shape index (κ3) is 3.97. The Hall–Kier alpha value is -2.89. The number of carbonyl (C=O) groups is 2. The van der Waals surface area contributed by atoms with E-state index in [4.69, 9.17) is 4.74 Å². The molecule has 2 aliphatic heterocycles. The van der Waals surface area contributed by atoms with E-state index in [2.05, 4.69) is 16.4 Å². The zero-order chi connectivity index (χ0) is 20.4. The highest BCUT2D eigenvalue weighted by molar-refractivity contribution is 5.92.